The minimum absolute atomic E-state index is 0.0596. The van der Waals surface area contributed by atoms with Gasteiger partial charge in [-0.3, -0.25) is 10.2 Å². The van der Waals surface area contributed by atoms with Crippen molar-refractivity contribution in [3.63, 3.8) is 0 Å². The maximum absolute atomic E-state index is 11.2. The highest BCUT2D eigenvalue weighted by Crippen LogP contribution is 2.20. The Bertz CT molecular complexity index is 236. The number of carbonyl (C=O) groups is 1. The highest BCUT2D eigenvalue weighted by atomic mass is 16.2. The molecule has 4 heteroatoms. The lowest BCUT2D eigenvalue weighted by atomic mass is 10.00. The van der Waals surface area contributed by atoms with Crippen LogP contribution in [0.4, 0.5) is 0 Å². The smallest absolute Gasteiger partial charge is 0.248 e. The van der Waals surface area contributed by atoms with Crippen LogP contribution in [0.5, 0.6) is 0 Å². The number of nitrogens with one attached hydrogen (secondary N) is 1. The van der Waals surface area contributed by atoms with E-state index in [0.29, 0.717) is 12.1 Å². The molecule has 14 heavy (non-hydrogen) atoms. The molecule has 2 unspecified atom stereocenters. The van der Waals surface area contributed by atoms with Crippen molar-refractivity contribution in [1.82, 2.24) is 10.4 Å². The average Bonchev–Trinajstić information content (AvgIpc) is 2.12. The summed E-state index contributed by atoms with van der Waals surface area (Å²) in [7, 11) is 0. The molecular weight excluding hydrogens is 178 g/mol. The number of piperidine rings is 1. The molecule has 1 fully saturated rings. The molecule has 1 rings (SSSR count). The molecule has 78 valence electrons. The lowest BCUT2D eigenvalue weighted by Gasteiger charge is -2.38. The second kappa shape index (κ2) is 4.97. The molecule has 0 aromatic rings. The monoisotopic (exact) mass is 195 g/mol. The Balaban J connectivity index is 2.48. The van der Waals surface area contributed by atoms with Crippen LogP contribution in [0, 0.1) is 11.3 Å². The number of hydrogen-bond donors (Lipinski definition) is 1. The van der Waals surface area contributed by atoms with Crippen molar-refractivity contribution in [2.45, 2.75) is 51.6 Å². The second-order valence-electron chi connectivity index (χ2n) is 3.91. The summed E-state index contributed by atoms with van der Waals surface area (Å²) in [5.74, 6) is -0.201. The Morgan fingerprint density at radius 3 is 2.57 bits per heavy atom. The van der Waals surface area contributed by atoms with Gasteiger partial charge in [0.25, 0.3) is 0 Å². The van der Waals surface area contributed by atoms with Crippen LogP contribution in [0.2, 0.25) is 0 Å². The minimum Gasteiger partial charge on any atom is -0.287 e. The number of nitriles is 1. The zero-order valence-electron chi connectivity index (χ0n) is 8.79. The van der Waals surface area contributed by atoms with Crippen LogP contribution >= 0.6 is 0 Å². The first-order chi connectivity index (χ1) is 6.65. The van der Waals surface area contributed by atoms with Gasteiger partial charge in [0.05, 0.1) is 6.07 Å². The second-order valence-corrected chi connectivity index (χ2v) is 3.91. The SMILES string of the molecule is CC1CCCC(C)N1NC(=O)CC#N. The Hall–Kier alpha value is -1.08. The molecule has 1 saturated heterocycles. The Labute approximate surface area is 84.9 Å². The van der Waals surface area contributed by atoms with Gasteiger partial charge in [-0.15, -0.1) is 0 Å². The lowest BCUT2D eigenvalue weighted by Crippen LogP contribution is -2.54. The molecule has 0 bridgehead atoms. The van der Waals surface area contributed by atoms with Gasteiger partial charge < -0.3 is 0 Å². The van der Waals surface area contributed by atoms with E-state index in [0.717, 1.165) is 12.8 Å². The maximum Gasteiger partial charge on any atom is 0.248 e. The summed E-state index contributed by atoms with van der Waals surface area (Å²) in [6, 6.07) is 2.60. The van der Waals surface area contributed by atoms with Crippen molar-refractivity contribution >= 4 is 5.91 Å². The van der Waals surface area contributed by atoms with Gasteiger partial charge in [-0.2, -0.15) is 5.26 Å². The normalized spacial score (nSPS) is 28.1. The van der Waals surface area contributed by atoms with Crippen LogP contribution in [0.15, 0.2) is 0 Å². The van der Waals surface area contributed by atoms with Crippen LogP contribution in [-0.2, 0) is 4.79 Å². The number of rotatable bonds is 2. The zero-order valence-corrected chi connectivity index (χ0v) is 8.79. The van der Waals surface area contributed by atoms with Gasteiger partial charge in [0.15, 0.2) is 0 Å². The van der Waals surface area contributed by atoms with Crippen molar-refractivity contribution in [2.24, 2.45) is 0 Å². The summed E-state index contributed by atoms with van der Waals surface area (Å²) in [5, 5.41) is 10.3. The first-order valence-electron chi connectivity index (χ1n) is 5.10. The van der Waals surface area contributed by atoms with Gasteiger partial charge in [0.2, 0.25) is 5.91 Å². The number of hydrazine groups is 1. The molecular formula is C10H17N3O. The Morgan fingerprint density at radius 1 is 1.50 bits per heavy atom. The fourth-order valence-electron chi connectivity index (χ4n) is 1.90. The van der Waals surface area contributed by atoms with Gasteiger partial charge in [0.1, 0.15) is 6.42 Å². The first-order valence-corrected chi connectivity index (χ1v) is 5.10. The molecule has 2 atom stereocenters. The Morgan fingerprint density at radius 2 is 2.07 bits per heavy atom. The molecule has 0 spiro atoms. The van der Waals surface area contributed by atoms with E-state index in [1.807, 2.05) is 11.1 Å². The number of amides is 1. The third kappa shape index (κ3) is 2.71. The summed E-state index contributed by atoms with van der Waals surface area (Å²) in [6.45, 7) is 4.20. The van der Waals surface area contributed by atoms with E-state index in [9.17, 15) is 4.79 Å². The highest BCUT2D eigenvalue weighted by Gasteiger charge is 2.25. The van der Waals surface area contributed by atoms with E-state index < -0.39 is 0 Å². The third-order valence-corrected chi connectivity index (χ3v) is 2.69. The van der Waals surface area contributed by atoms with E-state index in [-0.39, 0.29) is 12.3 Å². The first kappa shape index (κ1) is 11.0. The average molecular weight is 195 g/mol. The predicted molar refractivity (Wildman–Crippen MR) is 53.0 cm³/mol. The van der Waals surface area contributed by atoms with Crippen LogP contribution < -0.4 is 5.43 Å². The van der Waals surface area contributed by atoms with Gasteiger partial charge >= 0.3 is 0 Å². The number of hydrogen-bond acceptors (Lipinski definition) is 3. The number of nitrogens with zero attached hydrogens (tertiary/aromatic N) is 2. The highest BCUT2D eigenvalue weighted by molar-refractivity contribution is 5.77. The summed E-state index contributed by atoms with van der Waals surface area (Å²) in [6.07, 6.45) is 3.37. The van der Waals surface area contributed by atoms with E-state index in [1.54, 1.807) is 0 Å². The zero-order chi connectivity index (χ0) is 10.6. The van der Waals surface area contributed by atoms with E-state index in [4.69, 9.17) is 5.26 Å². The van der Waals surface area contributed by atoms with E-state index in [1.165, 1.54) is 6.42 Å². The van der Waals surface area contributed by atoms with Crippen molar-refractivity contribution in [3.05, 3.63) is 0 Å². The fourth-order valence-corrected chi connectivity index (χ4v) is 1.90. The Kier molecular flexibility index (Phi) is 3.90. The van der Waals surface area contributed by atoms with Crippen LogP contribution in [0.3, 0.4) is 0 Å². The quantitative estimate of drug-likeness (QED) is 0.720. The molecule has 0 aromatic heterocycles. The molecule has 0 aromatic carbocycles. The standard InChI is InChI=1S/C10H17N3O/c1-8-4-3-5-9(2)13(8)12-10(14)6-7-11/h8-9H,3-6H2,1-2H3,(H,12,14). The molecule has 0 aliphatic carbocycles. The van der Waals surface area contributed by atoms with E-state index >= 15 is 0 Å². The third-order valence-electron chi connectivity index (χ3n) is 2.69. The topological polar surface area (TPSA) is 56.1 Å². The lowest BCUT2D eigenvalue weighted by molar-refractivity contribution is -0.128. The largest absolute Gasteiger partial charge is 0.287 e. The van der Waals surface area contributed by atoms with Crippen molar-refractivity contribution < 1.29 is 4.79 Å². The van der Waals surface area contributed by atoms with Crippen molar-refractivity contribution in [3.8, 4) is 6.07 Å². The molecule has 1 N–H and O–H groups in total. The van der Waals surface area contributed by atoms with Gasteiger partial charge in [-0.05, 0) is 26.7 Å². The van der Waals surface area contributed by atoms with Crippen molar-refractivity contribution in [2.75, 3.05) is 0 Å². The number of carbonyl (C=O) groups excluding carboxylic acids is 1. The van der Waals surface area contributed by atoms with Gasteiger partial charge in [-0.1, -0.05) is 6.42 Å². The fraction of sp³-hybridized carbons (Fsp3) is 0.800. The summed E-state index contributed by atoms with van der Waals surface area (Å²) in [4.78, 5) is 11.2. The van der Waals surface area contributed by atoms with Gasteiger partial charge in [-0.25, -0.2) is 5.01 Å². The van der Waals surface area contributed by atoms with Gasteiger partial charge in [0, 0.05) is 12.1 Å². The molecule has 0 radical (unpaired) electrons. The van der Waals surface area contributed by atoms with Crippen LogP contribution in [0.1, 0.15) is 39.5 Å². The minimum atomic E-state index is -0.201. The summed E-state index contributed by atoms with van der Waals surface area (Å²) in [5.41, 5.74) is 2.79. The molecule has 1 aliphatic rings. The van der Waals surface area contributed by atoms with Crippen LogP contribution in [0.25, 0.3) is 0 Å². The molecule has 1 aliphatic heterocycles. The summed E-state index contributed by atoms with van der Waals surface area (Å²) >= 11 is 0. The molecule has 0 saturated carbocycles. The maximum atomic E-state index is 11.2. The van der Waals surface area contributed by atoms with E-state index in [2.05, 4.69) is 19.3 Å². The van der Waals surface area contributed by atoms with Crippen LogP contribution in [-0.4, -0.2) is 23.0 Å². The predicted octanol–water partition coefficient (Wildman–Crippen LogP) is 1.19. The van der Waals surface area contributed by atoms with Crippen molar-refractivity contribution in [1.29, 1.82) is 5.26 Å². The molecule has 1 heterocycles. The molecule has 1 amide bonds. The molecule has 4 nitrogen and oxygen atoms in total. The summed E-state index contributed by atoms with van der Waals surface area (Å²) < 4.78 is 0.